The van der Waals surface area contributed by atoms with Gasteiger partial charge in [0, 0.05) is 50.1 Å². The fraction of sp³-hybridized carbons (Fsp3) is 0.404. The Bertz CT molecular complexity index is 3020. The highest BCUT2D eigenvalue weighted by Gasteiger charge is 2.42. The number of H-pyrrole nitrogens is 2. The zero-order valence-electron chi connectivity index (χ0n) is 39.6. The van der Waals surface area contributed by atoms with E-state index < -0.39 is 34.6 Å². The molecule has 2 aromatic heterocycles. The van der Waals surface area contributed by atoms with E-state index in [0.717, 1.165) is 94.5 Å². The number of amides is 3. The number of aryl methyl sites for hydroxylation is 2. The molecule has 0 radical (unpaired) electrons. The molecule has 0 saturated carbocycles. The maximum Gasteiger partial charge on any atom is 0.407 e. The molecule has 70 heavy (non-hydrogen) atoms. The Morgan fingerprint density at radius 2 is 1.43 bits per heavy atom. The summed E-state index contributed by atoms with van der Waals surface area (Å²) in [5.74, 6) is 0.902. The highest BCUT2D eigenvalue weighted by Crippen LogP contribution is 2.40. The quantitative estimate of drug-likeness (QED) is 0.0803. The molecule has 3 saturated heterocycles. The molecule has 3 fully saturated rings. The Balaban J connectivity index is 0.832. The number of likely N-dealkylation sites (tertiary alicyclic amines) is 2. The van der Waals surface area contributed by atoms with Crippen LogP contribution in [0.15, 0.2) is 91.1 Å². The van der Waals surface area contributed by atoms with Crippen LogP contribution in [0.3, 0.4) is 0 Å². The molecule has 3 amide bonds. The summed E-state index contributed by atoms with van der Waals surface area (Å²) in [6.45, 7) is 1.72. The Morgan fingerprint density at radius 3 is 2.13 bits per heavy atom. The summed E-state index contributed by atoms with van der Waals surface area (Å²) < 4.78 is 35.8. The van der Waals surface area contributed by atoms with Gasteiger partial charge in [0.05, 0.1) is 49.1 Å². The van der Waals surface area contributed by atoms with Gasteiger partial charge in [-0.15, -0.1) is 0 Å². The van der Waals surface area contributed by atoms with Gasteiger partial charge in [-0.3, -0.25) is 14.9 Å². The van der Waals surface area contributed by atoms with Crippen LogP contribution in [0, 0.1) is 5.92 Å². The third-order valence-electron chi connectivity index (χ3n) is 14.7. The number of ether oxygens (including phenoxy) is 2. The Hall–Kier alpha value is -6.44. The van der Waals surface area contributed by atoms with Gasteiger partial charge in [0.25, 0.3) is 5.91 Å². The topological polar surface area (TPSA) is 215 Å². The number of nitrogens with zero attached hydrogens (tertiary/aromatic N) is 5. The van der Waals surface area contributed by atoms with E-state index in [1.807, 2.05) is 41.4 Å². The maximum atomic E-state index is 14.4. The molecular weight excluding hydrogens is 911 g/mol. The number of hydrogen-bond donors (Lipinski definition) is 5. The van der Waals surface area contributed by atoms with Gasteiger partial charge in [-0.2, -0.15) is 0 Å². The molecule has 1 unspecified atom stereocenters. The van der Waals surface area contributed by atoms with Crippen LogP contribution in [0.4, 0.5) is 4.79 Å². The smallest absolute Gasteiger partial charge is 0.407 e. The van der Waals surface area contributed by atoms with Crippen molar-refractivity contribution in [3.05, 3.63) is 120 Å². The minimum absolute atomic E-state index is 0.149. The summed E-state index contributed by atoms with van der Waals surface area (Å²) in [5.41, 5.74) is 8.97. The molecule has 10 rings (SSSR count). The first-order valence-electron chi connectivity index (χ1n) is 24.1. The van der Waals surface area contributed by atoms with Crippen molar-refractivity contribution in [3.8, 4) is 33.6 Å². The number of hydrogen-bond acceptors (Lipinski definition) is 11. The molecule has 5 N–H and O–H groups in total. The lowest BCUT2D eigenvalue weighted by atomic mass is 9.89. The van der Waals surface area contributed by atoms with Crippen molar-refractivity contribution >= 4 is 38.7 Å². The SMILES string of the molecule is COC(=O)N[C@@H](C(=O)N1CCC[C@H]1c1ncc(-c2ccc3cc(-c4ccc5c(c4)CCc4[nH]c([C@@H]6CCCN6C(=O)[C@@H](NC(O)OC)C6CCN(S(C)(=O)=O)CC6)nc4-5)ccc3c2)[nH]1)c1ccccc1. The van der Waals surface area contributed by atoms with Crippen molar-refractivity contribution in [1.82, 2.24) is 44.7 Å². The molecule has 5 atom stereocenters. The normalized spacial score (nSPS) is 19.9. The fourth-order valence-electron chi connectivity index (χ4n) is 11.0. The number of methoxy groups -OCH3 is 2. The predicted octanol–water partition coefficient (Wildman–Crippen LogP) is 6.36. The highest BCUT2D eigenvalue weighted by atomic mass is 32.2. The third kappa shape index (κ3) is 9.45. The number of alkyl carbamates (subject to hydrolysis) is 1. The number of aromatic amines is 2. The maximum absolute atomic E-state index is 14.4. The van der Waals surface area contributed by atoms with Gasteiger partial charge in [0.15, 0.2) is 0 Å². The van der Waals surface area contributed by atoms with Crippen LogP contribution in [0.2, 0.25) is 0 Å². The lowest BCUT2D eigenvalue weighted by Gasteiger charge is -2.37. The Labute approximate surface area is 407 Å². The van der Waals surface area contributed by atoms with Crippen molar-refractivity contribution in [1.29, 1.82) is 0 Å². The molecule has 0 spiro atoms. The first-order valence-corrected chi connectivity index (χ1v) is 26.0. The minimum Gasteiger partial charge on any atom is -0.453 e. The lowest BCUT2D eigenvalue weighted by molar-refractivity contribution is -0.146. The largest absolute Gasteiger partial charge is 0.453 e. The lowest BCUT2D eigenvalue weighted by Crippen LogP contribution is -2.56. The van der Waals surface area contributed by atoms with Gasteiger partial charge < -0.3 is 39.7 Å². The van der Waals surface area contributed by atoms with Crippen LogP contribution < -0.4 is 10.6 Å². The van der Waals surface area contributed by atoms with E-state index in [1.54, 1.807) is 4.90 Å². The predicted molar refractivity (Wildman–Crippen MR) is 263 cm³/mol. The molecule has 17 nitrogen and oxygen atoms in total. The minimum atomic E-state index is -3.34. The summed E-state index contributed by atoms with van der Waals surface area (Å²) in [7, 11) is -0.693. The molecule has 5 heterocycles. The van der Waals surface area contributed by atoms with Gasteiger partial charge in [0.1, 0.15) is 17.7 Å². The fourth-order valence-corrected chi connectivity index (χ4v) is 11.8. The van der Waals surface area contributed by atoms with E-state index in [4.69, 9.17) is 19.4 Å². The molecule has 366 valence electrons. The second-order valence-electron chi connectivity index (χ2n) is 18.9. The number of aliphatic hydroxyl groups excluding tert-OH is 1. The zero-order valence-corrected chi connectivity index (χ0v) is 40.4. The van der Waals surface area contributed by atoms with Gasteiger partial charge in [-0.05, 0) is 102 Å². The summed E-state index contributed by atoms with van der Waals surface area (Å²) >= 11 is 0. The summed E-state index contributed by atoms with van der Waals surface area (Å²) in [6, 6.07) is 26.4. The standard InChI is InChI=1S/C52H59N9O8S/c1-68-51(64)57-44(31-9-5-4-6-10-31)49(62)60-23-7-11-42(60)47-53-30-41(55-47)38-16-15-34-27-33(13-14-35(34)29-38)36-17-19-39-37(28-36)18-20-40-46(39)56-48(54-40)43-12-8-24-61(43)50(63)45(58-52(65)69-2)32-21-25-59(26-22-32)70(3,66)67/h4-6,9-10,13-17,19,27-30,32,42-45,52,58,65H,7-8,11-12,18,20-26H2,1-3H3,(H,53,55)(H,54,56)(H,57,64)/t42-,43-,44+,45-,52?/m0/s1. The van der Waals surface area contributed by atoms with Crippen LogP contribution >= 0.6 is 0 Å². The van der Waals surface area contributed by atoms with Gasteiger partial charge in [0.2, 0.25) is 22.3 Å². The van der Waals surface area contributed by atoms with E-state index in [2.05, 4.69) is 75.2 Å². The van der Waals surface area contributed by atoms with Crippen LogP contribution in [-0.2, 0) is 41.9 Å². The summed E-state index contributed by atoms with van der Waals surface area (Å²) in [6.07, 6.45) is 6.70. The number of carbonyl (C=O) groups excluding carboxylic acids is 3. The second kappa shape index (κ2) is 19.8. The van der Waals surface area contributed by atoms with Crippen LogP contribution in [0.25, 0.3) is 44.4 Å². The van der Waals surface area contributed by atoms with Crippen LogP contribution in [-0.4, -0.2) is 125 Å². The van der Waals surface area contributed by atoms with Crippen molar-refractivity contribution in [2.45, 2.75) is 81.9 Å². The number of fused-ring (bicyclic) bond motifs is 4. The van der Waals surface area contributed by atoms with Crippen molar-refractivity contribution in [2.24, 2.45) is 5.92 Å². The van der Waals surface area contributed by atoms with Crippen LogP contribution in [0.1, 0.15) is 85.1 Å². The molecule has 6 aromatic rings. The van der Waals surface area contributed by atoms with Crippen molar-refractivity contribution in [3.63, 3.8) is 0 Å². The number of aromatic nitrogens is 4. The average molecular weight is 970 g/mol. The third-order valence-corrected chi connectivity index (χ3v) is 16.0. The molecule has 1 aliphatic carbocycles. The zero-order chi connectivity index (χ0) is 48.7. The van der Waals surface area contributed by atoms with Gasteiger partial charge in [-0.1, -0.05) is 72.8 Å². The number of carbonyl (C=O) groups is 3. The molecular formula is C52H59N9O8S. The molecule has 3 aliphatic heterocycles. The first-order chi connectivity index (χ1) is 33.9. The number of benzene rings is 4. The number of piperidine rings is 1. The number of nitrogens with one attached hydrogen (secondary N) is 4. The van der Waals surface area contributed by atoms with E-state index in [-0.39, 0.29) is 29.8 Å². The average Bonchev–Trinajstić information content (AvgIpc) is 4.23. The Kier molecular flexibility index (Phi) is 13.3. The molecule has 18 heteroatoms. The van der Waals surface area contributed by atoms with Crippen molar-refractivity contribution < 1.29 is 37.4 Å². The van der Waals surface area contributed by atoms with E-state index in [9.17, 15) is 27.9 Å². The van der Waals surface area contributed by atoms with Gasteiger partial charge in [-0.25, -0.2) is 27.5 Å². The monoisotopic (exact) mass is 969 g/mol. The van der Waals surface area contributed by atoms with E-state index >= 15 is 0 Å². The molecule has 0 bridgehead atoms. The molecule has 4 aromatic carbocycles. The first kappa shape index (κ1) is 47.2. The number of rotatable bonds is 13. The van der Waals surface area contributed by atoms with Gasteiger partial charge >= 0.3 is 6.09 Å². The molecule has 4 aliphatic rings. The van der Waals surface area contributed by atoms with Crippen molar-refractivity contribution in [2.75, 3.05) is 46.7 Å². The van der Waals surface area contributed by atoms with E-state index in [1.165, 1.54) is 30.3 Å². The number of aliphatic hydroxyl groups is 1. The second-order valence-corrected chi connectivity index (χ2v) is 20.9. The summed E-state index contributed by atoms with van der Waals surface area (Å²) in [5, 5.41) is 18.3. The van der Waals surface area contributed by atoms with E-state index in [0.29, 0.717) is 50.4 Å². The van der Waals surface area contributed by atoms with Crippen LogP contribution in [0.5, 0.6) is 0 Å². The Morgan fingerprint density at radius 1 is 0.771 bits per heavy atom. The number of sulfonamides is 1. The summed E-state index contributed by atoms with van der Waals surface area (Å²) in [4.78, 5) is 61.4. The highest BCUT2D eigenvalue weighted by molar-refractivity contribution is 7.88. The number of imidazole rings is 2.